The number of imide groups is 1. The van der Waals surface area contributed by atoms with Gasteiger partial charge in [-0.15, -0.1) is 0 Å². The van der Waals surface area contributed by atoms with E-state index in [1.807, 2.05) is 23.1 Å². The number of hydrogen-bond acceptors (Lipinski definition) is 8. The van der Waals surface area contributed by atoms with Crippen LogP contribution in [0.2, 0.25) is 0 Å². The second-order valence-corrected chi connectivity index (χ2v) is 16.3. The SMILES string of the molecule is COc1cc(C2CCC3(CC2)CCN(C(=O)c2ccc([C@@H]4C[C@H](Nc5cnn(C)c(=O)c5Br)CN(C)C4)cc2)CC3)ccc1C1CCC(=O)NC1=O. The van der Waals surface area contributed by atoms with Crippen molar-refractivity contribution in [3.8, 4) is 5.75 Å². The molecule has 3 aromatic rings. The monoisotopic (exact) mass is 772 g/mol. The predicted octanol–water partition coefficient (Wildman–Crippen LogP) is 5.55. The number of benzene rings is 2. The molecule has 1 aromatic heterocycles. The Balaban J connectivity index is 0.918. The lowest BCUT2D eigenvalue weighted by molar-refractivity contribution is -0.134. The van der Waals surface area contributed by atoms with Crippen LogP contribution in [0.1, 0.15) is 103 Å². The van der Waals surface area contributed by atoms with E-state index in [0.717, 1.165) is 88.0 Å². The molecule has 1 aliphatic carbocycles. The van der Waals surface area contributed by atoms with Crippen molar-refractivity contribution in [2.75, 3.05) is 45.7 Å². The first-order chi connectivity index (χ1) is 25.0. The number of hydrogen-bond donors (Lipinski definition) is 2. The minimum atomic E-state index is -0.363. The van der Waals surface area contributed by atoms with E-state index >= 15 is 0 Å². The van der Waals surface area contributed by atoms with Crippen LogP contribution in [0, 0.1) is 5.41 Å². The van der Waals surface area contributed by atoms with Gasteiger partial charge in [-0.05, 0) is 121 Å². The molecule has 12 heteroatoms. The maximum Gasteiger partial charge on any atom is 0.282 e. The van der Waals surface area contributed by atoms with Crippen molar-refractivity contribution in [3.05, 3.63) is 85.7 Å². The van der Waals surface area contributed by atoms with Gasteiger partial charge in [-0.2, -0.15) is 5.10 Å². The molecule has 0 bridgehead atoms. The van der Waals surface area contributed by atoms with Gasteiger partial charge in [0, 0.05) is 56.8 Å². The molecule has 2 aromatic carbocycles. The van der Waals surface area contributed by atoms with E-state index in [1.165, 1.54) is 15.8 Å². The molecule has 1 spiro atoms. The normalized spacial score (nSPS) is 24.1. The highest BCUT2D eigenvalue weighted by Gasteiger charge is 2.40. The number of nitrogens with zero attached hydrogens (tertiary/aromatic N) is 4. The van der Waals surface area contributed by atoms with Gasteiger partial charge < -0.3 is 19.9 Å². The quantitative estimate of drug-likeness (QED) is 0.300. The Morgan fingerprint density at radius 1 is 0.942 bits per heavy atom. The molecule has 3 atom stereocenters. The number of ether oxygens (including phenoxy) is 1. The molecule has 276 valence electrons. The molecule has 3 saturated heterocycles. The van der Waals surface area contributed by atoms with Crippen LogP contribution in [-0.4, -0.2) is 83.7 Å². The number of likely N-dealkylation sites (tertiary alicyclic amines) is 2. The molecule has 0 radical (unpaired) electrons. The van der Waals surface area contributed by atoms with E-state index in [2.05, 4.69) is 67.9 Å². The fraction of sp³-hybridized carbons (Fsp3) is 0.525. The molecular formula is C40H49BrN6O5. The van der Waals surface area contributed by atoms with Crippen LogP contribution in [0.5, 0.6) is 5.75 Å². The molecule has 3 aliphatic heterocycles. The van der Waals surface area contributed by atoms with Crippen molar-refractivity contribution in [2.45, 2.75) is 81.6 Å². The first kappa shape index (κ1) is 36.3. The van der Waals surface area contributed by atoms with Crippen LogP contribution in [-0.2, 0) is 16.6 Å². The Hall–Kier alpha value is -4.03. The van der Waals surface area contributed by atoms with Gasteiger partial charge in [0.1, 0.15) is 10.2 Å². The number of aryl methyl sites for hydroxylation is 1. The minimum Gasteiger partial charge on any atom is -0.496 e. The van der Waals surface area contributed by atoms with Crippen LogP contribution in [0.25, 0.3) is 0 Å². The van der Waals surface area contributed by atoms with Gasteiger partial charge in [0.2, 0.25) is 11.8 Å². The van der Waals surface area contributed by atoms with E-state index in [0.29, 0.717) is 34.8 Å². The van der Waals surface area contributed by atoms with E-state index in [9.17, 15) is 19.2 Å². The van der Waals surface area contributed by atoms with E-state index in [-0.39, 0.29) is 40.7 Å². The Labute approximate surface area is 313 Å². The number of anilines is 1. The zero-order chi connectivity index (χ0) is 36.6. The van der Waals surface area contributed by atoms with Crippen LogP contribution in [0.3, 0.4) is 0 Å². The number of aromatic nitrogens is 2. The van der Waals surface area contributed by atoms with Crippen LogP contribution in [0.4, 0.5) is 5.69 Å². The van der Waals surface area contributed by atoms with E-state index < -0.39 is 0 Å². The number of carbonyl (C=O) groups is 3. The highest BCUT2D eigenvalue weighted by molar-refractivity contribution is 9.10. The summed E-state index contributed by atoms with van der Waals surface area (Å²) in [6.07, 6.45) is 10.00. The molecular weight excluding hydrogens is 724 g/mol. The third-order valence-electron chi connectivity index (χ3n) is 12.2. The predicted molar refractivity (Wildman–Crippen MR) is 203 cm³/mol. The molecule has 3 amide bonds. The lowest BCUT2D eigenvalue weighted by atomic mass is 9.64. The lowest BCUT2D eigenvalue weighted by Gasteiger charge is -2.46. The highest BCUT2D eigenvalue weighted by atomic mass is 79.9. The van der Waals surface area contributed by atoms with E-state index in [4.69, 9.17) is 4.74 Å². The summed E-state index contributed by atoms with van der Waals surface area (Å²) in [6, 6.07) is 14.6. The number of amides is 3. The third kappa shape index (κ3) is 7.55. The second-order valence-electron chi connectivity index (χ2n) is 15.5. The topological polar surface area (TPSA) is 126 Å². The van der Waals surface area contributed by atoms with Gasteiger partial charge >= 0.3 is 0 Å². The van der Waals surface area contributed by atoms with Crippen molar-refractivity contribution in [1.29, 1.82) is 0 Å². The smallest absolute Gasteiger partial charge is 0.282 e. The average Bonchev–Trinajstić information content (AvgIpc) is 3.15. The molecule has 1 saturated carbocycles. The summed E-state index contributed by atoms with van der Waals surface area (Å²) in [5.41, 5.74) is 4.88. The maximum atomic E-state index is 13.6. The summed E-state index contributed by atoms with van der Waals surface area (Å²) in [7, 11) is 5.40. The number of piperidine rings is 3. The summed E-state index contributed by atoms with van der Waals surface area (Å²) in [5, 5.41) is 10.2. The molecule has 4 fully saturated rings. The molecule has 11 nitrogen and oxygen atoms in total. The van der Waals surface area contributed by atoms with Crippen molar-refractivity contribution in [1.82, 2.24) is 24.9 Å². The fourth-order valence-electron chi connectivity index (χ4n) is 9.08. The fourth-order valence-corrected chi connectivity index (χ4v) is 9.56. The Kier molecular flexibility index (Phi) is 10.6. The Morgan fingerprint density at radius 3 is 2.35 bits per heavy atom. The molecule has 52 heavy (non-hydrogen) atoms. The van der Waals surface area contributed by atoms with Crippen LogP contribution >= 0.6 is 15.9 Å². The summed E-state index contributed by atoms with van der Waals surface area (Å²) in [4.78, 5) is 54.5. The molecule has 2 N–H and O–H groups in total. The van der Waals surface area contributed by atoms with E-state index in [1.54, 1.807) is 20.4 Å². The summed E-state index contributed by atoms with van der Waals surface area (Å²) < 4.78 is 7.55. The first-order valence-corrected chi connectivity index (χ1v) is 19.4. The van der Waals surface area contributed by atoms with Crippen molar-refractivity contribution < 1.29 is 19.1 Å². The van der Waals surface area contributed by atoms with Gasteiger partial charge in [-0.1, -0.05) is 24.3 Å². The molecule has 4 aliphatic rings. The van der Waals surface area contributed by atoms with Gasteiger partial charge in [0.15, 0.2) is 0 Å². The standard InChI is InChI=1S/C40H49BrN6O5/c1-45-23-29(20-30(24-45)43-33-22-42-46(2)39(51)36(33)41)25-4-6-27(7-5-25)38(50)47-18-16-40(17-19-47)14-12-26(13-15-40)28-8-9-31(34(21-28)52-3)32-10-11-35(48)44-37(32)49/h4-9,21-22,26,29-30,32,43H,10-20,23-24H2,1-3H3,(H,44,48,49)/t29-,30+,32?/m1/s1. The number of carbonyl (C=O) groups excluding carboxylic acids is 3. The van der Waals surface area contributed by atoms with Gasteiger partial charge in [0.05, 0.1) is 24.9 Å². The van der Waals surface area contributed by atoms with Crippen molar-refractivity contribution in [2.24, 2.45) is 12.5 Å². The maximum absolute atomic E-state index is 13.6. The number of likely N-dealkylation sites (N-methyl/N-ethyl adjacent to an activating group) is 1. The average molecular weight is 774 g/mol. The summed E-state index contributed by atoms with van der Waals surface area (Å²) in [5.74, 6) is 0.756. The zero-order valence-corrected chi connectivity index (χ0v) is 31.9. The number of rotatable bonds is 7. The Bertz CT molecular complexity index is 1880. The minimum absolute atomic E-state index is 0.113. The summed E-state index contributed by atoms with van der Waals surface area (Å²) >= 11 is 3.43. The molecule has 7 rings (SSSR count). The molecule has 1 unspecified atom stereocenters. The van der Waals surface area contributed by atoms with Crippen LogP contribution in [0.15, 0.2) is 57.9 Å². The first-order valence-electron chi connectivity index (χ1n) is 18.6. The van der Waals surface area contributed by atoms with Gasteiger partial charge in [-0.3, -0.25) is 24.5 Å². The second kappa shape index (κ2) is 15.1. The largest absolute Gasteiger partial charge is 0.496 e. The number of nitrogens with one attached hydrogen (secondary N) is 2. The van der Waals surface area contributed by atoms with Crippen molar-refractivity contribution in [3.63, 3.8) is 0 Å². The zero-order valence-electron chi connectivity index (χ0n) is 30.3. The Morgan fingerprint density at radius 2 is 1.65 bits per heavy atom. The van der Waals surface area contributed by atoms with Gasteiger partial charge in [-0.25, -0.2) is 4.68 Å². The van der Waals surface area contributed by atoms with Crippen molar-refractivity contribution >= 4 is 39.3 Å². The highest BCUT2D eigenvalue weighted by Crippen LogP contribution is 2.49. The molecule has 4 heterocycles. The van der Waals surface area contributed by atoms with Crippen LogP contribution < -0.4 is 20.9 Å². The summed E-state index contributed by atoms with van der Waals surface area (Å²) in [6.45, 7) is 3.36. The number of methoxy groups -OCH3 is 1. The lowest BCUT2D eigenvalue weighted by Crippen LogP contribution is -2.44. The van der Waals surface area contributed by atoms with Gasteiger partial charge in [0.25, 0.3) is 11.5 Å². The third-order valence-corrected chi connectivity index (χ3v) is 13.0. The number of halogens is 1.